The molecule has 3 heteroatoms. The number of hydrogen-bond acceptors (Lipinski definition) is 3. The van der Waals surface area contributed by atoms with E-state index < -0.39 is 0 Å². The zero-order valence-electron chi connectivity index (χ0n) is 12.4. The van der Waals surface area contributed by atoms with Crippen molar-refractivity contribution in [2.24, 2.45) is 0 Å². The van der Waals surface area contributed by atoms with Gasteiger partial charge in [-0.2, -0.15) is 0 Å². The number of likely N-dealkylation sites (N-methyl/N-ethyl adjacent to an activating group) is 1. The summed E-state index contributed by atoms with van der Waals surface area (Å²) in [7, 11) is 1.98. The summed E-state index contributed by atoms with van der Waals surface area (Å²) >= 11 is 0. The maximum atomic E-state index is 5.91. The highest BCUT2D eigenvalue weighted by Gasteiger charge is 2.25. The first-order chi connectivity index (χ1) is 8.76. The molecule has 1 aliphatic heterocycles. The predicted octanol–water partition coefficient (Wildman–Crippen LogP) is 3.13. The molecule has 1 aliphatic rings. The SMILES string of the molecule is CCCCCCC(C)OCC1CCC(CNC)O1. The molecule has 108 valence electrons. The average molecular weight is 257 g/mol. The van der Waals surface area contributed by atoms with Gasteiger partial charge in [0.1, 0.15) is 0 Å². The van der Waals surface area contributed by atoms with Crippen molar-refractivity contribution in [3.8, 4) is 0 Å². The van der Waals surface area contributed by atoms with Gasteiger partial charge in [-0.25, -0.2) is 0 Å². The van der Waals surface area contributed by atoms with Gasteiger partial charge >= 0.3 is 0 Å². The van der Waals surface area contributed by atoms with Crippen molar-refractivity contribution in [3.05, 3.63) is 0 Å². The zero-order valence-corrected chi connectivity index (χ0v) is 12.4. The first-order valence-electron chi connectivity index (χ1n) is 7.68. The molecule has 1 heterocycles. The molecule has 3 unspecified atom stereocenters. The first-order valence-corrected chi connectivity index (χ1v) is 7.68. The largest absolute Gasteiger partial charge is 0.376 e. The van der Waals surface area contributed by atoms with Crippen LogP contribution in [0, 0.1) is 0 Å². The van der Waals surface area contributed by atoms with Crippen LogP contribution in [0.25, 0.3) is 0 Å². The smallest absolute Gasteiger partial charge is 0.0814 e. The minimum atomic E-state index is 0.321. The molecular weight excluding hydrogens is 226 g/mol. The van der Waals surface area contributed by atoms with Crippen LogP contribution in [0.4, 0.5) is 0 Å². The van der Waals surface area contributed by atoms with E-state index in [0.717, 1.165) is 19.6 Å². The van der Waals surface area contributed by atoms with Crippen LogP contribution in [-0.4, -0.2) is 38.5 Å². The van der Waals surface area contributed by atoms with Gasteiger partial charge < -0.3 is 14.8 Å². The Balaban J connectivity index is 1.99. The van der Waals surface area contributed by atoms with Gasteiger partial charge in [-0.1, -0.05) is 32.6 Å². The van der Waals surface area contributed by atoms with E-state index in [1.165, 1.54) is 38.5 Å². The third-order valence-corrected chi connectivity index (χ3v) is 3.66. The highest BCUT2D eigenvalue weighted by molar-refractivity contribution is 4.74. The van der Waals surface area contributed by atoms with Crippen molar-refractivity contribution in [3.63, 3.8) is 0 Å². The second-order valence-electron chi connectivity index (χ2n) is 5.51. The molecule has 0 aromatic carbocycles. The Kier molecular flexibility index (Phi) is 8.64. The topological polar surface area (TPSA) is 30.5 Å². The molecule has 1 rings (SSSR count). The van der Waals surface area contributed by atoms with Crippen LogP contribution in [-0.2, 0) is 9.47 Å². The monoisotopic (exact) mass is 257 g/mol. The van der Waals surface area contributed by atoms with Crippen LogP contribution < -0.4 is 5.32 Å². The molecule has 0 saturated carbocycles. The van der Waals surface area contributed by atoms with Gasteiger partial charge in [0.25, 0.3) is 0 Å². The van der Waals surface area contributed by atoms with Gasteiger partial charge in [-0.05, 0) is 33.2 Å². The molecule has 0 amide bonds. The summed E-state index contributed by atoms with van der Waals surface area (Å²) in [6.45, 7) is 6.17. The molecule has 1 saturated heterocycles. The van der Waals surface area contributed by atoms with Gasteiger partial charge in [0.15, 0.2) is 0 Å². The van der Waals surface area contributed by atoms with E-state index in [1.807, 2.05) is 7.05 Å². The zero-order chi connectivity index (χ0) is 13.2. The van der Waals surface area contributed by atoms with Gasteiger partial charge in [-0.15, -0.1) is 0 Å². The van der Waals surface area contributed by atoms with E-state index >= 15 is 0 Å². The Morgan fingerprint density at radius 1 is 1.22 bits per heavy atom. The normalized spacial score (nSPS) is 25.5. The molecule has 0 radical (unpaired) electrons. The summed E-state index contributed by atoms with van der Waals surface area (Å²) in [5.74, 6) is 0. The quantitative estimate of drug-likeness (QED) is 0.610. The van der Waals surface area contributed by atoms with Crippen molar-refractivity contribution in [1.82, 2.24) is 5.32 Å². The fraction of sp³-hybridized carbons (Fsp3) is 1.00. The average Bonchev–Trinajstić information content (AvgIpc) is 2.80. The molecule has 3 atom stereocenters. The van der Waals surface area contributed by atoms with Crippen molar-refractivity contribution in [2.75, 3.05) is 20.2 Å². The maximum absolute atomic E-state index is 5.91. The van der Waals surface area contributed by atoms with E-state index in [1.54, 1.807) is 0 Å². The van der Waals surface area contributed by atoms with Gasteiger partial charge in [0.2, 0.25) is 0 Å². The highest BCUT2D eigenvalue weighted by atomic mass is 16.5. The van der Waals surface area contributed by atoms with Crippen LogP contribution in [0.15, 0.2) is 0 Å². The van der Waals surface area contributed by atoms with Crippen LogP contribution in [0.5, 0.6) is 0 Å². The van der Waals surface area contributed by atoms with E-state index in [2.05, 4.69) is 19.2 Å². The van der Waals surface area contributed by atoms with Gasteiger partial charge in [0, 0.05) is 6.54 Å². The lowest BCUT2D eigenvalue weighted by molar-refractivity contribution is -0.0381. The third-order valence-electron chi connectivity index (χ3n) is 3.66. The first kappa shape index (κ1) is 15.9. The Bertz CT molecular complexity index is 199. The van der Waals surface area contributed by atoms with E-state index in [9.17, 15) is 0 Å². The van der Waals surface area contributed by atoms with E-state index in [-0.39, 0.29) is 0 Å². The molecule has 0 aromatic heterocycles. The lowest BCUT2D eigenvalue weighted by Crippen LogP contribution is -2.26. The molecule has 1 fully saturated rings. The molecule has 0 aliphatic carbocycles. The lowest BCUT2D eigenvalue weighted by atomic mass is 10.1. The number of nitrogens with one attached hydrogen (secondary N) is 1. The second kappa shape index (κ2) is 9.76. The summed E-state index contributed by atoms with van der Waals surface area (Å²) in [6, 6.07) is 0. The van der Waals surface area contributed by atoms with Crippen LogP contribution in [0.3, 0.4) is 0 Å². The van der Waals surface area contributed by atoms with E-state index in [4.69, 9.17) is 9.47 Å². The Morgan fingerprint density at radius 2 is 2.00 bits per heavy atom. The van der Waals surface area contributed by atoms with Gasteiger partial charge in [0.05, 0.1) is 24.9 Å². The Hall–Kier alpha value is -0.120. The molecule has 18 heavy (non-hydrogen) atoms. The van der Waals surface area contributed by atoms with Crippen molar-refractivity contribution in [2.45, 2.75) is 77.1 Å². The van der Waals surface area contributed by atoms with Crippen molar-refractivity contribution < 1.29 is 9.47 Å². The standard InChI is InChI=1S/C15H31NO2/c1-4-5-6-7-8-13(2)17-12-15-10-9-14(18-15)11-16-3/h13-16H,4-12H2,1-3H3. The number of hydrogen-bond donors (Lipinski definition) is 1. The minimum Gasteiger partial charge on any atom is -0.376 e. The molecule has 1 N–H and O–H groups in total. The summed E-state index contributed by atoms with van der Waals surface area (Å²) in [4.78, 5) is 0. The third kappa shape index (κ3) is 6.72. The summed E-state index contributed by atoms with van der Waals surface area (Å²) < 4.78 is 11.8. The fourth-order valence-electron chi connectivity index (χ4n) is 2.49. The number of ether oxygens (including phenoxy) is 2. The summed E-state index contributed by atoms with van der Waals surface area (Å²) in [5.41, 5.74) is 0. The molecular formula is C15H31NO2. The van der Waals surface area contributed by atoms with Crippen LogP contribution in [0.1, 0.15) is 58.8 Å². The molecule has 0 aromatic rings. The molecule has 3 nitrogen and oxygen atoms in total. The van der Waals surface area contributed by atoms with Gasteiger partial charge in [-0.3, -0.25) is 0 Å². The van der Waals surface area contributed by atoms with Crippen LogP contribution >= 0.6 is 0 Å². The summed E-state index contributed by atoms with van der Waals surface area (Å²) in [6.07, 6.45) is 9.89. The highest BCUT2D eigenvalue weighted by Crippen LogP contribution is 2.20. The molecule has 0 spiro atoms. The Labute approximate surface area is 113 Å². The lowest BCUT2D eigenvalue weighted by Gasteiger charge is -2.17. The Morgan fingerprint density at radius 3 is 2.72 bits per heavy atom. The minimum absolute atomic E-state index is 0.321. The van der Waals surface area contributed by atoms with Crippen molar-refractivity contribution >= 4 is 0 Å². The second-order valence-corrected chi connectivity index (χ2v) is 5.51. The fourth-order valence-corrected chi connectivity index (χ4v) is 2.49. The van der Waals surface area contributed by atoms with Crippen LogP contribution in [0.2, 0.25) is 0 Å². The predicted molar refractivity (Wildman–Crippen MR) is 76.0 cm³/mol. The number of unbranched alkanes of at least 4 members (excludes halogenated alkanes) is 3. The summed E-state index contributed by atoms with van der Waals surface area (Å²) in [5, 5.41) is 3.17. The van der Waals surface area contributed by atoms with Crippen molar-refractivity contribution in [1.29, 1.82) is 0 Å². The molecule has 0 bridgehead atoms. The number of rotatable bonds is 10. The van der Waals surface area contributed by atoms with E-state index in [0.29, 0.717) is 18.3 Å². The maximum Gasteiger partial charge on any atom is 0.0814 e.